The molecule has 0 unspecified atom stereocenters. The van der Waals surface area contributed by atoms with Gasteiger partial charge in [0.2, 0.25) is 0 Å². The van der Waals surface area contributed by atoms with Crippen molar-refractivity contribution in [3.63, 3.8) is 0 Å². The van der Waals surface area contributed by atoms with Crippen LogP contribution in [0.4, 0.5) is 10.1 Å². The first-order chi connectivity index (χ1) is 9.88. The van der Waals surface area contributed by atoms with Crippen LogP contribution < -0.4 is 5.32 Å². The van der Waals surface area contributed by atoms with Crippen LogP contribution >= 0.6 is 0 Å². The van der Waals surface area contributed by atoms with Crippen molar-refractivity contribution in [2.45, 2.75) is 6.92 Å². The predicted octanol–water partition coefficient (Wildman–Crippen LogP) is 2.79. The van der Waals surface area contributed by atoms with Crippen LogP contribution in [0.1, 0.15) is 26.3 Å². The van der Waals surface area contributed by atoms with E-state index in [4.69, 9.17) is 5.11 Å². The molecule has 0 aromatic heterocycles. The number of amides is 1. The molecule has 0 saturated heterocycles. The molecular formula is C15H12FNO4. The highest BCUT2D eigenvalue weighted by Crippen LogP contribution is 2.21. The summed E-state index contributed by atoms with van der Waals surface area (Å²) in [6.07, 6.45) is 0. The molecule has 0 aliphatic heterocycles. The van der Waals surface area contributed by atoms with Gasteiger partial charge in [0.1, 0.15) is 11.6 Å². The summed E-state index contributed by atoms with van der Waals surface area (Å²) in [6, 6.07) is 7.37. The maximum Gasteiger partial charge on any atom is 0.337 e. The number of anilines is 1. The number of phenolic OH excluding ortho intramolecular Hbond substituents is 1. The third-order valence-electron chi connectivity index (χ3n) is 2.93. The lowest BCUT2D eigenvalue weighted by Crippen LogP contribution is -2.15. The second kappa shape index (κ2) is 5.62. The van der Waals surface area contributed by atoms with Crippen molar-refractivity contribution in [2.24, 2.45) is 0 Å². The van der Waals surface area contributed by atoms with E-state index in [9.17, 15) is 19.1 Å². The molecule has 6 heteroatoms. The van der Waals surface area contributed by atoms with Crippen LogP contribution in [0, 0.1) is 12.7 Å². The maximum atomic E-state index is 13.1. The Morgan fingerprint density at radius 1 is 1.14 bits per heavy atom. The van der Waals surface area contributed by atoms with Crippen molar-refractivity contribution >= 4 is 17.6 Å². The lowest BCUT2D eigenvalue weighted by molar-refractivity contribution is 0.0697. The fraction of sp³-hybridized carbons (Fsp3) is 0.0667. The zero-order valence-corrected chi connectivity index (χ0v) is 11.1. The van der Waals surface area contributed by atoms with Crippen molar-refractivity contribution in [1.29, 1.82) is 0 Å². The van der Waals surface area contributed by atoms with Crippen LogP contribution in [-0.2, 0) is 0 Å². The minimum absolute atomic E-state index is 0.0195. The largest absolute Gasteiger partial charge is 0.508 e. The maximum absolute atomic E-state index is 13.1. The summed E-state index contributed by atoms with van der Waals surface area (Å²) in [6.45, 7) is 1.68. The smallest absolute Gasteiger partial charge is 0.337 e. The molecule has 2 aromatic rings. The number of rotatable bonds is 3. The molecule has 0 bridgehead atoms. The summed E-state index contributed by atoms with van der Waals surface area (Å²) in [5.74, 6) is -2.70. The summed E-state index contributed by atoms with van der Waals surface area (Å²) in [7, 11) is 0. The summed E-state index contributed by atoms with van der Waals surface area (Å²) < 4.78 is 13.1. The summed E-state index contributed by atoms with van der Waals surface area (Å²) in [5, 5.41) is 21.0. The van der Waals surface area contributed by atoms with Gasteiger partial charge in [-0.15, -0.1) is 0 Å². The van der Waals surface area contributed by atoms with E-state index in [0.29, 0.717) is 5.56 Å². The Bertz CT molecular complexity index is 728. The van der Waals surface area contributed by atoms with E-state index in [-0.39, 0.29) is 22.6 Å². The number of carboxylic acid groups (broad SMARTS) is 1. The molecule has 5 nitrogen and oxygen atoms in total. The number of carbonyl (C=O) groups excluding carboxylic acids is 1. The summed E-state index contributed by atoms with van der Waals surface area (Å²) >= 11 is 0. The van der Waals surface area contributed by atoms with Gasteiger partial charge < -0.3 is 15.5 Å². The Morgan fingerprint density at radius 2 is 1.86 bits per heavy atom. The molecule has 0 spiro atoms. The number of hydrogen-bond acceptors (Lipinski definition) is 3. The van der Waals surface area contributed by atoms with Crippen LogP contribution in [0.15, 0.2) is 36.4 Å². The molecule has 21 heavy (non-hydrogen) atoms. The van der Waals surface area contributed by atoms with Gasteiger partial charge in [-0.25, -0.2) is 9.18 Å². The predicted molar refractivity (Wildman–Crippen MR) is 74.2 cm³/mol. The number of phenols is 1. The molecular weight excluding hydrogens is 277 g/mol. The number of nitrogens with one attached hydrogen (secondary N) is 1. The third kappa shape index (κ3) is 3.17. The molecule has 0 aliphatic carbocycles. The van der Waals surface area contributed by atoms with Crippen LogP contribution in [0.25, 0.3) is 0 Å². The minimum Gasteiger partial charge on any atom is -0.508 e. The summed E-state index contributed by atoms with van der Waals surface area (Å²) in [4.78, 5) is 23.1. The molecule has 1 amide bonds. The standard InChI is InChI=1S/C15H12FNO4/c1-8-2-3-9(6-13(8)18)14(19)17-12-5-4-10(16)7-11(12)15(20)21/h2-7,18H,1H3,(H,17,19)(H,20,21). The Kier molecular flexibility index (Phi) is 3.89. The fourth-order valence-electron chi connectivity index (χ4n) is 1.75. The van der Waals surface area contributed by atoms with Crippen molar-refractivity contribution in [3.05, 3.63) is 58.9 Å². The number of halogens is 1. The number of carbonyl (C=O) groups is 2. The number of aromatic carboxylic acids is 1. The highest BCUT2D eigenvalue weighted by atomic mass is 19.1. The van der Waals surface area contributed by atoms with Gasteiger partial charge >= 0.3 is 5.97 Å². The van der Waals surface area contributed by atoms with Gasteiger partial charge in [0.15, 0.2) is 0 Å². The van der Waals surface area contributed by atoms with Crippen LogP contribution in [0.3, 0.4) is 0 Å². The number of benzene rings is 2. The Balaban J connectivity index is 2.31. The second-order valence-electron chi connectivity index (χ2n) is 4.45. The van der Waals surface area contributed by atoms with E-state index in [0.717, 1.165) is 12.1 Å². The van der Waals surface area contributed by atoms with E-state index in [2.05, 4.69) is 5.32 Å². The average Bonchev–Trinajstić information content (AvgIpc) is 2.43. The first-order valence-electron chi connectivity index (χ1n) is 6.02. The SMILES string of the molecule is Cc1ccc(C(=O)Nc2ccc(F)cc2C(=O)O)cc1O. The van der Waals surface area contributed by atoms with Crippen LogP contribution in [-0.4, -0.2) is 22.1 Å². The van der Waals surface area contributed by atoms with Gasteiger partial charge in [-0.1, -0.05) is 6.07 Å². The van der Waals surface area contributed by atoms with E-state index in [1.807, 2.05) is 0 Å². The molecule has 0 fully saturated rings. The highest BCUT2D eigenvalue weighted by Gasteiger charge is 2.15. The lowest BCUT2D eigenvalue weighted by atomic mass is 10.1. The van der Waals surface area contributed by atoms with Gasteiger partial charge in [-0.2, -0.15) is 0 Å². The van der Waals surface area contributed by atoms with Gasteiger partial charge in [-0.3, -0.25) is 4.79 Å². The first kappa shape index (κ1) is 14.5. The topological polar surface area (TPSA) is 86.6 Å². The molecule has 0 heterocycles. The van der Waals surface area contributed by atoms with E-state index >= 15 is 0 Å². The molecule has 3 N–H and O–H groups in total. The first-order valence-corrected chi connectivity index (χ1v) is 6.02. The number of aryl methyl sites for hydroxylation is 1. The minimum atomic E-state index is -1.35. The van der Waals surface area contributed by atoms with Crippen molar-refractivity contribution in [2.75, 3.05) is 5.32 Å². The van der Waals surface area contributed by atoms with Crippen LogP contribution in [0.2, 0.25) is 0 Å². The molecule has 108 valence electrons. The van der Waals surface area contributed by atoms with Gasteiger partial charge in [-0.05, 0) is 42.8 Å². The number of carboxylic acids is 1. The molecule has 0 saturated carbocycles. The monoisotopic (exact) mass is 289 g/mol. The van der Waals surface area contributed by atoms with E-state index in [1.165, 1.54) is 18.2 Å². The zero-order valence-electron chi connectivity index (χ0n) is 11.1. The van der Waals surface area contributed by atoms with E-state index < -0.39 is 17.7 Å². The molecule has 2 rings (SSSR count). The lowest BCUT2D eigenvalue weighted by Gasteiger charge is -2.09. The van der Waals surface area contributed by atoms with Crippen molar-refractivity contribution in [1.82, 2.24) is 0 Å². The molecule has 0 radical (unpaired) electrons. The van der Waals surface area contributed by atoms with Gasteiger partial charge in [0.05, 0.1) is 11.3 Å². The molecule has 2 aromatic carbocycles. The molecule has 0 aliphatic rings. The number of aromatic hydroxyl groups is 1. The van der Waals surface area contributed by atoms with Crippen molar-refractivity contribution in [3.8, 4) is 5.75 Å². The summed E-state index contributed by atoms with van der Waals surface area (Å²) in [5.41, 5.74) is 0.409. The Morgan fingerprint density at radius 3 is 2.48 bits per heavy atom. The van der Waals surface area contributed by atoms with Gasteiger partial charge in [0, 0.05) is 5.56 Å². The zero-order chi connectivity index (χ0) is 15.6. The van der Waals surface area contributed by atoms with Crippen LogP contribution in [0.5, 0.6) is 5.75 Å². The third-order valence-corrected chi connectivity index (χ3v) is 2.93. The average molecular weight is 289 g/mol. The fourth-order valence-corrected chi connectivity index (χ4v) is 1.75. The van der Waals surface area contributed by atoms with Gasteiger partial charge in [0.25, 0.3) is 5.91 Å². The normalized spacial score (nSPS) is 10.2. The quantitative estimate of drug-likeness (QED) is 0.811. The Hall–Kier alpha value is -2.89. The number of hydrogen-bond donors (Lipinski definition) is 3. The molecule has 0 atom stereocenters. The van der Waals surface area contributed by atoms with Crippen molar-refractivity contribution < 1.29 is 24.2 Å². The highest BCUT2D eigenvalue weighted by molar-refractivity contribution is 6.07. The Labute approximate surface area is 119 Å². The van der Waals surface area contributed by atoms with E-state index in [1.54, 1.807) is 13.0 Å². The second-order valence-corrected chi connectivity index (χ2v) is 4.45.